The van der Waals surface area contributed by atoms with Crippen molar-refractivity contribution in [2.24, 2.45) is 5.41 Å². The molecule has 1 aliphatic carbocycles. The van der Waals surface area contributed by atoms with Gasteiger partial charge >= 0.3 is 5.97 Å². The van der Waals surface area contributed by atoms with Gasteiger partial charge in [0.05, 0.1) is 18.6 Å². The first kappa shape index (κ1) is 19.8. The summed E-state index contributed by atoms with van der Waals surface area (Å²) in [6, 6.07) is 4.99. The summed E-state index contributed by atoms with van der Waals surface area (Å²) >= 11 is 0. The molecule has 0 bridgehead atoms. The molecule has 1 fully saturated rings. The lowest BCUT2D eigenvalue weighted by molar-refractivity contribution is -0.156. The van der Waals surface area contributed by atoms with Crippen LogP contribution in [0, 0.1) is 18.2 Å². The number of carbonyl (C=O) groups excluding carboxylic acids is 1. The maximum atomic E-state index is 13.7. The van der Waals surface area contributed by atoms with Crippen molar-refractivity contribution in [2.45, 2.75) is 64.8 Å². The van der Waals surface area contributed by atoms with E-state index in [1.54, 1.807) is 19.1 Å². The highest BCUT2D eigenvalue weighted by Gasteiger charge is 2.34. The van der Waals surface area contributed by atoms with Gasteiger partial charge in [0.2, 0.25) is 0 Å². The van der Waals surface area contributed by atoms with Gasteiger partial charge in [-0.3, -0.25) is 4.79 Å². The zero-order chi connectivity index (χ0) is 19.8. The number of allylic oxidation sites excluding steroid dienone is 2. The summed E-state index contributed by atoms with van der Waals surface area (Å²) in [5.41, 5.74) is 3.17. The summed E-state index contributed by atoms with van der Waals surface area (Å²) in [7, 11) is 0. The van der Waals surface area contributed by atoms with Crippen LogP contribution < -0.4 is 0 Å². The van der Waals surface area contributed by atoms with Crippen LogP contribution in [0.2, 0.25) is 0 Å². The van der Waals surface area contributed by atoms with E-state index >= 15 is 0 Å². The third-order valence-electron chi connectivity index (χ3n) is 5.41. The van der Waals surface area contributed by atoms with Gasteiger partial charge in [0.15, 0.2) is 0 Å². The molecule has 1 aromatic rings. The second-order valence-corrected chi connectivity index (χ2v) is 8.28. The lowest BCUT2D eigenvalue weighted by atomic mass is 9.69. The van der Waals surface area contributed by atoms with E-state index in [0.717, 1.165) is 16.7 Å². The zero-order valence-electron chi connectivity index (χ0n) is 16.0. The molecular formula is C22H27FO4. The van der Waals surface area contributed by atoms with E-state index in [1.165, 1.54) is 6.07 Å². The van der Waals surface area contributed by atoms with Crippen molar-refractivity contribution in [3.05, 3.63) is 52.9 Å². The Bertz CT molecular complexity index is 794. The van der Waals surface area contributed by atoms with Crippen LogP contribution in [-0.2, 0) is 9.53 Å². The number of halogens is 1. The van der Waals surface area contributed by atoms with Crippen LogP contribution in [0.15, 0.2) is 35.9 Å². The summed E-state index contributed by atoms with van der Waals surface area (Å²) in [5.74, 6) is -0.653. The van der Waals surface area contributed by atoms with Gasteiger partial charge in [0.1, 0.15) is 11.9 Å². The Kier molecular flexibility index (Phi) is 5.54. The topological polar surface area (TPSA) is 66.8 Å². The third kappa shape index (κ3) is 4.47. The number of carbonyl (C=O) groups is 1. The van der Waals surface area contributed by atoms with E-state index in [9.17, 15) is 19.4 Å². The SMILES string of the molecule is Cc1cc(C2=C(/C=C/[C@@H]3C[C@@H](O)CC(=O)O3)C(C)(C)C[C@H](O)C2)ccc1F. The fourth-order valence-electron chi connectivity index (χ4n) is 4.09. The Hall–Kier alpha value is -1.98. The maximum absolute atomic E-state index is 13.7. The van der Waals surface area contributed by atoms with Crippen molar-refractivity contribution in [3.63, 3.8) is 0 Å². The molecule has 4 nitrogen and oxygen atoms in total. The van der Waals surface area contributed by atoms with Crippen LogP contribution in [-0.4, -0.2) is 34.5 Å². The van der Waals surface area contributed by atoms with Crippen molar-refractivity contribution in [2.75, 3.05) is 0 Å². The average Bonchev–Trinajstić information content (AvgIpc) is 2.54. The minimum absolute atomic E-state index is 0.0326. The molecule has 1 aliphatic heterocycles. The Morgan fingerprint density at radius 1 is 1.22 bits per heavy atom. The first-order valence-corrected chi connectivity index (χ1v) is 9.39. The van der Waals surface area contributed by atoms with Crippen LogP contribution in [0.25, 0.3) is 5.57 Å². The average molecular weight is 374 g/mol. The van der Waals surface area contributed by atoms with Gasteiger partial charge in [0.25, 0.3) is 0 Å². The molecule has 2 N–H and O–H groups in total. The highest BCUT2D eigenvalue weighted by molar-refractivity contribution is 5.74. The quantitative estimate of drug-likeness (QED) is 0.792. The van der Waals surface area contributed by atoms with Crippen molar-refractivity contribution < 1.29 is 24.1 Å². The fourth-order valence-corrected chi connectivity index (χ4v) is 4.09. The number of rotatable bonds is 3. The molecule has 1 aromatic carbocycles. The number of ether oxygens (including phenoxy) is 1. The predicted octanol–water partition coefficient (Wildman–Crippen LogP) is 3.69. The molecule has 0 unspecified atom stereocenters. The van der Waals surface area contributed by atoms with E-state index in [1.807, 2.05) is 12.2 Å². The van der Waals surface area contributed by atoms with Gasteiger partial charge in [-0.2, -0.15) is 0 Å². The van der Waals surface area contributed by atoms with Crippen LogP contribution in [0.1, 0.15) is 50.7 Å². The van der Waals surface area contributed by atoms with Gasteiger partial charge in [-0.25, -0.2) is 4.39 Å². The summed E-state index contributed by atoms with van der Waals surface area (Å²) in [5, 5.41) is 20.2. The minimum Gasteiger partial charge on any atom is -0.458 e. The molecule has 3 rings (SSSR count). The van der Waals surface area contributed by atoms with Crippen molar-refractivity contribution in [1.29, 1.82) is 0 Å². The molecule has 1 heterocycles. The molecule has 146 valence electrons. The van der Waals surface area contributed by atoms with Gasteiger partial charge in [0, 0.05) is 6.42 Å². The number of esters is 1. The van der Waals surface area contributed by atoms with Crippen LogP contribution in [0.4, 0.5) is 4.39 Å². The van der Waals surface area contributed by atoms with Gasteiger partial charge < -0.3 is 14.9 Å². The van der Waals surface area contributed by atoms with E-state index in [0.29, 0.717) is 24.8 Å². The predicted molar refractivity (Wildman–Crippen MR) is 101 cm³/mol. The molecule has 0 radical (unpaired) electrons. The Morgan fingerprint density at radius 3 is 2.63 bits per heavy atom. The molecular weight excluding hydrogens is 347 g/mol. The van der Waals surface area contributed by atoms with Crippen LogP contribution >= 0.6 is 0 Å². The van der Waals surface area contributed by atoms with Crippen molar-refractivity contribution in [1.82, 2.24) is 0 Å². The second-order valence-electron chi connectivity index (χ2n) is 8.28. The van der Waals surface area contributed by atoms with E-state index in [4.69, 9.17) is 4.74 Å². The highest BCUT2D eigenvalue weighted by Crippen LogP contribution is 2.45. The molecule has 0 amide bonds. The van der Waals surface area contributed by atoms with E-state index in [-0.39, 0.29) is 17.7 Å². The second kappa shape index (κ2) is 7.56. The first-order valence-electron chi connectivity index (χ1n) is 9.39. The number of cyclic esters (lactones) is 1. The van der Waals surface area contributed by atoms with E-state index in [2.05, 4.69) is 13.8 Å². The molecule has 0 aromatic heterocycles. The van der Waals surface area contributed by atoms with Crippen LogP contribution in [0.3, 0.4) is 0 Å². The van der Waals surface area contributed by atoms with Crippen molar-refractivity contribution in [3.8, 4) is 0 Å². The molecule has 27 heavy (non-hydrogen) atoms. The van der Waals surface area contributed by atoms with Gasteiger partial charge in [-0.05, 0) is 65.7 Å². The molecule has 3 atom stereocenters. The number of hydrogen-bond acceptors (Lipinski definition) is 4. The number of hydrogen-bond donors (Lipinski definition) is 2. The molecule has 5 heteroatoms. The summed E-state index contributed by atoms with van der Waals surface area (Å²) < 4.78 is 19.0. The monoisotopic (exact) mass is 374 g/mol. The third-order valence-corrected chi connectivity index (χ3v) is 5.41. The molecule has 1 saturated heterocycles. The Balaban J connectivity index is 2.00. The smallest absolute Gasteiger partial charge is 0.309 e. The number of aliphatic hydroxyl groups excluding tert-OH is 2. The Morgan fingerprint density at radius 2 is 1.96 bits per heavy atom. The number of aliphatic hydroxyl groups is 2. The van der Waals surface area contributed by atoms with Crippen LogP contribution in [0.5, 0.6) is 0 Å². The number of aryl methyl sites for hydroxylation is 1. The molecule has 0 saturated carbocycles. The Labute approximate surface area is 159 Å². The summed E-state index contributed by atoms with van der Waals surface area (Å²) in [6.07, 6.45) is 3.65. The highest BCUT2D eigenvalue weighted by atomic mass is 19.1. The maximum Gasteiger partial charge on any atom is 0.309 e. The normalized spacial score (nSPS) is 28.5. The largest absolute Gasteiger partial charge is 0.458 e. The zero-order valence-corrected chi connectivity index (χ0v) is 16.0. The van der Waals surface area contributed by atoms with Gasteiger partial charge in [-0.1, -0.05) is 26.0 Å². The molecule has 2 aliphatic rings. The summed E-state index contributed by atoms with van der Waals surface area (Å²) in [6.45, 7) is 5.85. The van der Waals surface area contributed by atoms with E-state index < -0.39 is 24.3 Å². The fraction of sp³-hybridized carbons (Fsp3) is 0.500. The van der Waals surface area contributed by atoms with Gasteiger partial charge in [-0.15, -0.1) is 0 Å². The number of benzene rings is 1. The standard InChI is InChI=1S/C22H27FO4/c1-13-8-14(4-7-20(13)23)18-10-16(25)12-22(2,3)19(18)6-5-17-9-15(24)11-21(26)27-17/h4-8,15-17,24-25H,9-12H2,1-3H3/b6-5+/t15-,16-,17-/m1/s1. The van der Waals surface area contributed by atoms with Crippen molar-refractivity contribution >= 4 is 11.5 Å². The first-order chi connectivity index (χ1) is 12.7. The molecule has 0 spiro atoms. The lowest BCUT2D eigenvalue weighted by Gasteiger charge is -2.37. The minimum atomic E-state index is -0.685. The summed E-state index contributed by atoms with van der Waals surface area (Å²) in [4.78, 5) is 11.6. The lowest BCUT2D eigenvalue weighted by Crippen LogP contribution is -2.32.